The molecule has 1 heterocycles. The van der Waals surface area contributed by atoms with E-state index in [1.54, 1.807) is 4.74 Å². The molecule has 2 unspecified atom stereocenters. The fourth-order valence-corrected chi connectivity index (χ4v) is 6.62. The Balaban J connectivity index is 1.85. The molecule has 1 aromatic carbocycles. The van der Waals surface area contributed by atoms with Gasteiger partial charge in [0.05, 0.1) is 0 Å². The van der Waals surface area contributed by atoms with Gasteiger partial charge in [-0.1, -0.05) is 0 Å². The van der Waals surface area contributed by atoms with Gasteiger partial charge in [0, 0.05) is 0 Å². The van der Waals surface area contributed by atoms with Crippen LogP contribution in [0.4, 0.5) is 0 Å². The number of nitrogens with zero attached hydrogens (tertiary/aromatic N) is 1. The van der Waals surface area contributed by atoms with Crippen molar-refractivity contribution < 1.29 is 9.95 Å². The number of hydrogen-bond acceptors (Lipinski definition) is 1. The Kier molecular flexibility index (Phi) is 3.95. The van der Waals surface area contributed by atoms with E-state index in [0.717, 1.165) is 6.42 Å². The van der Waals surface area contributed by atoms with Crippen molar-refractivity contribution in [1.29, 1.82) is 0 Å². The van der Waals surface area contributed by atoms with Crippen LogP contribution in [0, 0.1) is 0 Å². The Bertz CT molecular complexity index is 459. The van der Waals surface area contributed by atoms with E-state index in [9.17, 15) is 5.21 Å². The van der Waals surface area contributed by atoms with Gasteiger partial charge in [-0.2, -0.15) is 0 Å². The van der Waals surface area contributed by atoms with Gasteiger partial charge in [-0.3, -0.25) is 0 Å². The fraction of sp³-hybridized carbons (Fsp3) is 0.562. The second-order valence-corrected chi connectivity index (χ2v) is 8.37. The van der Waals surface area contributed by atoms with Crippen LogP contribution in [-0.2, 0) is 0 Å². The molecule has 19 heavy (non-hydrogen) atoms. The summed E-state index contributed by atoms with van der Waals surface area (Å²) in [5.41, 5.74) is 0.0480. The van der Waals surface area contributed by atoms with E-state index in [4.69, 9.17) is 0 Å². The van der Waals surface area contributed by atoms with Crippen molar-refractivity contribution in [3.63, 3.8) is 0 Å². The molecule has 0 amide bonds. The van der Waals surface area contributed by atoms with Gasteiger partial charge in [-0.05, 0) is 0 Å². The molecule has 0 radical (unpaired) electrons. The number of hydroxylamine groups is 1. The first-order valence-electron chi connectivity index (χ1n) is 7.34. The zero-order valence-electron chi connectivity index (χ0n) is 11.3. The first-order chi connectivity index (χ1) is 9.31. The van der Waals surface area contributed by atoms with Gasteiger partial charge in [0.2, 0.25) is 0 Å². The molecule has 2 atom stereocenters. The normalized spacial score (nSPS) is 31.2. The summed E-state index contributed by atoms with van der Waals surface area (Å²) < 4.78 is 3.07. The van der Waals surface area contributed by atoms with Crippen LogP contribution in [0.25, 0.3) is 0 Å². The molecule has 0 bridgehead atoms. The summed E-state index contributed by atoms with van der Waals surface area (Å²) in [5.74, 6) is 0. The standard InChI is InChI=1S/C16H22NOSe/c18-17-13-7-6-12-16(17)11-5-4-10-15(16)19-14-8-2-1-3-9-14/h1-3,8-9,13,15,18H,4-7,10-12H2/q+1. The van der Waals surface area contributed by atoms with E-state index in [-0.39, 0.29) is 5.54 Å². The van der Waals surface area contributed by atoms with Gasteiger partial charge in [-0.25, -0.2) is 0 Å². The SMILES string of the molecule is O[N+]1=CCCCC12CCCCC2[Se]c1ccccc1. The van der Waals surface area contributed by atoms with Crippen molar-refractivity contribution in [3.05, 3.63) is 30.3 Å². The molecule has 102 valence electrons. The number of hydrogen-bond donors (Lipinski definition) is 1. The molecule has 0 aromatic heterocycles. The molecule has 1 aliphatic carbocycles. The van der Waals surface area contributed by atoms with Crippen molar-refractivity contribution in [2.24, 2.45) is 0 Å². The Morgan fingerprint density at radius 1 is 1.11 bits per heavy atom. The average molecular weight is 323 g/mol. The first-order valence-corrected chi connectivity index (χ1v) is 9.19. The van der Waals surface area contributed by atoms with Gasteiger partial charge in [0.1, 0.15) is 0 Å². The van der Waals surface area contributed by atoms with E-state index in [2.05, 4.69) is 30.3 Å². The molecule has 0 saturated heterocycles. The maximum atomic E-state index is 10.4. The maximum absolute atomic E-state index is 10.4. The van der Waals surface area contributed by atoms with E-state index in [0.29, 0.717) is 19.8 Å². The van der Waals surface area contributed by atoms with Crippen LogP contribution in [0.2, 0.25) is 4.82 Å². The van der Waals surface area contributed by atoms with Gasteiger partial charge >= 0.3 is 121 Å². The molecule has 1 fully saturated rings. The quantitative estimate of drug-likeness (QED) is 0.505. The zero-order valence-corrected chi connectivity index (χ0v) is 13.0. The molecule has 2 aliphatic rings. The van der Waals surface area contributed by atoms with E-state index >= 15 is 0 Å². The van der Waals surface area contributed by atoms with Crippen molar-refractivity contribution in [3.8, 4) is 0 Å². The number of benzene rings is 1. The van der Waals surface area contributed by atoms with Crippen molar-refractivity contribution in [2.45, 2.75) is 55.3 Å². The topological polar surface area (TPSA) is 23.2 Å². The van der Waals surface area contributed by atoms with Crippen LogP contribution < -0.4 is 4.46 Å². The molecular formula is C16H22NOSe+. The Labute approximate surface area is 121 Å². The Morgan fingerprint density at radius 2 is 1.89 bits per heavy atom. The minimum absolute atomic E-state index is 0.0480. The molecule has 1 aliphatic heterocycles. The van der Waals surface area contributed by atoms with Gasteiger partial charge < -0.3 is 0 Å². The van der Waals surface area contributed by atoms with Crippen LogP contribution >= 0.6 is 0 Å². The van der Waals surface area contributed by atoms with Crippen molar-refractivity contribution >= 4 is 25.6 Å². The zero-order chi connectivity index (χ0) is 13.1. The van der Waals surface area contributed by atoms with Crippen LogP contribution in [0.1, 0.15) is 44.9 Å². The minimum atomic E-state index is 0.0480. The summed E-state index contributed by atoms with van der Waals surface area (Å²) in [7, 11) is 0. The third kappa shape index (κ3) is 2.59. The van der Waals surface area contributed by atoms with Crippen LogP contribution in [0.5, 0.6) is 0 Å². The Morgan fingerprint density at radius 3 is 2.68 bits per heavy atom. The molecule has 1 saturated carbocycles. The van der Waals surface area contributed by atoms with Gasteiger partial charge in [-0.15, -0.1) is 0 Å². The van der Waals surface area contributed by atoms with Gasteiger partial charge in [0.15, 0.2) is 0 Å². The summed E-state index contributed by atoms with van der Waals surface area (Å²) in [6.45, 7) is 0. The van der Waals surface area contributed by atoms with Crippen molar-refractivity contribution in [2.75, 3.05) is 0 Å². The summed E-state index contributed by atoms with van der Waals surface area (Å²) in [6, 6.07) is 10.8. The summed E-state index contributed by atoms with van der Waals surface area (Å²) in [5, 5.41) is 10.4. The molecule has 3 rings (SSSR count). The molecule has 1 aromatic rings. The first kappa shape index (κ1) is 13.2. The molecule has 1 spiro atoms. The molecule has 1 N–H and O–H groups in total. The number of rotatable bonds is 2. The second-order valence-electron chi connectivity index (χ2n) is 5.69. The predicted molar refractivity (Wildman–Crippen MR) is 78.7 cm³/mol. The monoisotopic (exact) mass is 324 g/mol. The summed E-state index contributed by atoms with van der Waals surface area (Å²) in [6.07, 6.45) is 10.5. The third-order valence-electron chi connectivity index (χ3n) is 4.52. The van der Waals surface area contributed by atoms with Gasteiger partial charge in [0.25, 0.3) is 0 Å². The van der Waals surface area contributed by atoms with E-state index in [1.807, 2.05) is 6.21 Å². The molecule has 2 nitrogen and oxygen atoms in total. The van der Waals surface area contributed by atoms with Crippen LogP contribution in [-0.4, -0.2) is 36.7 Å². The predicted octanol–water partition coefficient (Wildman–Crippen LogP) is 2.77. The van der Waals surface area contributed by atoms with E-state index < -0.39 is 0 Å². The van der Waals surface area contributed by atoms with E-state index in [1.165, 1.54) is 43.0 Å². The Hall–Kier alpha value is -0.791. The summed E-state index contributed by atoms with van der Waals surface area (Å²) >= 11 is 0.466. The molecular weight excluding hydrogens is 301 g/mol. The average Bonchev–Trinajstić information content (AvgIpc) is 2.46. The third-order valence-corrected chi connectivity index (χ3v) is 7.67. The van der Waals surface area contributed by atoms with Crippen LogP contribution in [0.15, 0.2) is 30.3 Å². The van der Waals surface area contributed by atoms with Crippen molar-refractivity contribution in [1.82, 2.24) is 0 Å². The fourth-order valence-electron chi connectivity index (χ4n) is 3.49. The second kappa shape index (κ2) is 5.68. The van der Waals surface area contributed by atoms with Crippen LogP contribution in [0.3, 0.4) is 0 Å². The molecule has 3 heteroatoms. The summed E-state index contributed by atoms with van der Waals surface area (Å²) in [4.78, 5) is 0.651.